The summed E-state index contributed by atoms with van der Waals surface area (Å²) in [7, 11) is -0.106. The van der Waals surface area contributed by atoms with Crippen LogP contribution in [-0.4, -0.2) is 9.52 Å². The predicted octanol–water partition coefficient (Wildman–Crippen LogP) is 3.43. The third-order valence-electron chi connectivity index (χ3n) is 3.50. The van der Waals surface area contributed by atoms with Crippen LogP contribution in [0.4, 0.5) is 0 Å². The van der Waals surface area contributed by atoms with Crippen molar-refractivity contribution in [3.05, 3.63) is 28.8 Å². The minimum atomic E-state index is -0.106. The molecule has 0 nitrogen and oxygen atoms in total. The maximum Gasteiger partial charge on any atom is 0.0524 e. The molecule has 1 aromatic rings. The Morgan fingerprint density at radius 1 is 0.882 bits per heavy atom. The molecule has 0 heterocycles. The number of aryl methyl sites for hydroxylation is 1. The zero-order valence-electron chi connectivity index (χ0n) is 12.9. The zero-order valence-corrected chi connectivity index (χ0v) is 14.3. The van der Waals surface area contributed by atoms with E-state index in [1.165, 1.54) is 11.1 Å². The summed E-state index contributed by atoms with van der Waals surface area (Å²) in [6.07, 6.45) is 0. The van der Waals surface area contributed by atoms with E-state index in [-0.39, 0.29) is 20.3 Å². The van der Waals surface area contributed by atoms with Gasteiger partial charge < -0.3 is 0 Å². The molecule has 0 aliphatic carbocycles. The maximum absolute atomic E-state index is 2.46. The molecule has 0 aliphatic rings. The van der Waals surface area contributed by atoms with Gasteiger partial charge in [0.15, 0.2) is 0 Å². The summed E-state index contributed by atoms with van der Waals surface area (Å²) in [4.78, 5) is 0. The molecule has 0 spiro atoms. The molecule has 0 amide bonds. The van der Waals surface area contributed by atoms with Crippen molar-refractivity contribution in [1.82, 2.24) is 0 Å². The Hall–Kier alpha value is -0.563. The summed E-state index contributed by atoms with van der Waals surface area (Å²) in [6, 6.07) is 4.86. The molecule has 0 saturated heterocycles. The SMILES string of the molecule is C[SiH2]c1c(C)cc(C(C)(C)C)cc1C(C)(C)C. The highest BCUT2D eigenvalue weighted by Gasteiger charge is 2.22. The molecule has 0 radical (unpaired) electrons. The lowest BCUT2D eigenvalue weighted by Gasteiger charge is -2.29. The number of rotatable bonds is 1. The molecule has 0 saturated carbocycles. The van der Waals surface area contributed by atoms with Crippen LogP contribution in [0.15, 0.2) is 12.1 Å². The van der Waals surface area contributed by atoms with E-state index in [4.69, 9.17) is 0 Å². The average Bonchev–Trinajstić information content (AvgIpc) is 2.13. The van der Waals surface area contributed by atoms with E-state index in [0.717, 1.165) is 0 Å². The van der Waals surface area contributed by atoms with Gasteiger partial charge in [0, 0.05) is 0 Å². The van der Waals surface area contributed by atoms with Crippen LogP contribution in [0.1, 0.15) is 58.2 Å². The van der Waals surface area contributed by atoms with Crippen LogP contribution in [0.3, 0.4) is 0 Å². The quantitative estimate of drug-likeness (QED) is 0.668. The smallest absolute Gasteiger partial charge is 0.0524 e. The van der Waals surface area contributed by atoms with E-state index in [0.29, 0.717) is 0 Å². The molecule has 0 bridgehead atoms. The summed E-state index contributed by atoms with van der Waals surface area (Å²) in [5.41, 5.74) is 5.09. The molecular formula is C16H28Si. The molecule has 0 atom stereocenters. The fourth-order valence-electron chi connectivity index (χ4n) is 2.39. The van der Waals surface area contributed by atoms with Gasteiger partial charge >= 0.3 is 0 Å². The number of benzene rings is 1. The Balaban J connectivity index is 3.51. The Labute approximate surface area is 110 Å². The number of hydrogen-bond acceptors (Lipinski definition) is 0. The third-order valence-corrected chi connectivity index (χ3v) is 5.15. The predicted molar refractivity (Wildman–Crippen MR) is 82.6 cm³/mol. The van der Waals surface area contributed by atoms with Gasteiger partial charge in [0.25, 0.3) is 0 Å². The van der Waals surface area contributed by atoms with Crippen LogP contribution in [0.2, 0.25) is 6.55 Å². The van der Waals surface area contributed by atoms with Crippen molar-refractivity contribution in [3.63, 3.8) is 0 Å². The van der Waals surface area contributed by atoms with Crippen molar-refractivity contribution in [2.75, 3.05) is 0 Å². The molecule has 0 unspecified atom stereocenters. The van der Waals surface area contributed by atoms with Gasteiger partial charge in [-0.05, 0) is 28.9 Å². The van der Waals surface area contributed by atoms with Crippen LogP contribution >= 0.6 is 0 Å². The monoisotopic (exact) mass is 248 g/mol. The Morgan fingerprint density at radius 3 is 1.76 bits per heavy atom. The first-order chi connectivity index (χ1) is 7.57. The molecule has 96 valence electrons. The highest BCUT2D eigenvalue weighted by Crippen LogP contribution is 2.28. The molecule has 17 heavy (non-hydrogen) atoms. The van der Waals surface area contributed by atoms with E-state index >= 15 is 0 Å². The van der Waals surface area contributed by atoms with Crippen molar-refractivity contribution in [2.24, 2.45) is 0 Å². The Bertz CT molecular complexity index is 403. The second kappa shape index (κ2) is 4.60. The van der Waals surface area contributed by atoms with Gasteiger partial charge in [-0.1, -0.05) is 71.0 Å². The fourth-order valence-corrected chi connectivity index (χ4v) is 4.06. The number of hydrogen-bond donors (Lipinski definition) is 0. The first kappa shape index (κ1) is 14.5. The Morgan fingerprint density at radius 2 is 1.41 bits per heavy atom. The highest BCUT2D eigenvalue weighted by atomic mass is 28.2. The van der Waals surface area contributed by atoms with E-state index in [2.05, 4.69) is 67.1 Å². The lowest BCUT2D eigenvalue weighted by atomic mass is 9.79. The molecule has 1 aromatic carbocycles. The minimum Gasteiger partial charge on any atom is -0.0708 e. The average molecular weight is 248 g/mol. The highest BCUT2D eigenvalue weighted by molar-refractivity contribution is 6.53. The van der Waals surface area contributed by atoms with E-state index in [1.807, 2.05) is 0 Å². The van der Waals surface area contributed by atoms with Crippen molar-refractivity contribution >= 4 is 14.7 Å². The molecule has 1 heteroatoms. The van der Waals surface area contributed by atoms with Gasteiger partial charge in [0.2, 0.25) is 0 Å². The van der Waals surface area contributed by atoms with Crippen LogP contribution in [0.25, 0.3) is 0 Å². The molecule has 0 fully saturated rings. The summed E-state index contributed by atoms with van der Waals surface area (Å²) >= 11 is 0. The second-order valence-electron chi connectivity index (χ2n) is 7.17. The van der Waals surface area contributed by atoms with Crippen LogP contribution in [-0.2, 0) is 10.8 Å². The summed E-state index contributed by atoms with van der Waals surface area (Å²) in [5, 5.41) is 1.67. The van der Waals surface area contributed by atoms with E-state index < -0.39 is 0 Å². The van der Waals surface area contributed by atoms with Gasteiger partial charge in [-0.2, -0.15) is 0 Å². The zero-order chi connectivity index (χ0) is 13.4. The van der Waals surface area contributed by atoms with E-state index in [9.17, 15) is 0 Å². The van der Waals surface area contributed by atoms with Crippen LogP contribution in [0.5, 0.6) is 0 Å². The van der Waals surface area contributed by atoms with Gasteiger partial charge in [-0.15, -0.1) is 0 Å². The van der Waals surface area contributed by atoms with Crippen molar-refractivity contribution in [2.45, 2.75) is 65.8 Å². The molecule has 0 aliphatic heterocycles. The Kier molecular flexibility index (Phi) is 3.93. The van der Waals surface area contributed by atoms with Crippen LogP contribution < -0.4 is 5.19 Å². The normalized spacial score (nSPS) is 13.6. The minimum absolute atomic E-state index is 0.106. The summed E-state index contributed by atoms with van der Waals surface area (Å²) in [6.45, 7) is 18.6. The molecule has 1 rings (SSSR count). The second-order valence-corrected chi connectivity index (χ2v) is 8.59. The van der Waals surface area contributed by atoms with Gasteiger partial charge in [-0.25, -0.2) is 0 Å². The molecule has 0 N–H and O–H groups in total. The van der Waals surface area contributed by atoms with Gasteiger partial charge in [-0.3, -0.25) is 0 Å². The van der Waals surface area contributed by atoms with E-state index in [1.54, 1.807) is 10.8 Å². The van der Waals surface area contributed by atoms with Crippen molar-refractivity contribution in [3.8, 4) is 0 Å². The molecular weight excluding hydrogens is 220 g/mol. The lowest BCUT2D eigenvalue weighted by molar-refractivity contribution is 0.570. The van der Waals surface area contributed by atoms with Crippen LogP contribution in [0, 0.1) is 6.92 Å². The standard InChI is InChI=1S/C16H28Si/c1-11-9-12(15(2,3)4)10-13(14(11)17-8)16(5,6)7/h9-10H,17H2,1-8H3. The lowest BCUT2D eigenvalue weighted by Crippen LogP contribution is -2.30. The van der Waals surface area contributed by atoms with Gasteiger partial charge in [0.05, 0.1) is 9.52 Å². The first-order valence-electron chi connectivity index (χ1n) is 6.72. The van der Waals surface area contributed by atoms with Crippen molar-refractivity contribution in [1.29, 1.82) is 0 Å². The van der Waals surface area contributed by atoms with Crippen molar-refractivity contribution < 1.29 is 0 Å². The fraction of sp³-hybridized carbons (Fsp3) is 0.625. The topological polar surface area (TPSA) is 0 Å². The summed E-state index contributed by atoms with van der Waals surface area (Å²) in [5.74, 6) is 0. The van der Waals surface area contributed by atoms with Gasteiger partial charge in [0.1, 0.15) is 0 Å². The first-order valence-corrected chi connectivity index (χ1v) is 8.84. The largest absolute Gasteiger partial charge is 0.0708 e. The summed E-state index contributed by atoms with van der Waals surface area (Å²) < 4.78 is 0. The molecule has 0 aromatic heterocycles. The third kappa shape index (κ3) is 3.22. The maximum atomic E-state index is 2.46.